The number of hydrogen-bond donors (Lipinski definition) is 2. The highest BCUT2D eigenvalue weighted by Crippen LogP contribution is 2.28. The molecule has 0 atom stereocenters. The molecule has 0 fully saturated rings. The first-order valence-electron chi connectivity index (χ1n) is 8.81. The van der Waals surface area contributed by atoms with Crippen molar-refractivity contribution in [3.63, 3.8) is 0 Å². The highest BCUT2D eigenvalue weighted by atomic mass is 35.5. The number of H-pyrrole nitrogens is 1. The summed E-state index contributed by atoms with van der Waals surface area (Å²) in [5.74, 6) is 0.565. The molecular formula is C21H20ClN3O3S. The number of anilines is 1. The quantitative estimate of drug-likeness (QED) is 0.446. The van der Waals surface area contributed by atoms with Gasteiger partial charge in [0.15, 0.2) is 5.16 Å². The summed E-state index contributed by atoms with van der Waals surface area (Å²) < 4.78 is 5.14. The van der Waals surface area contributed by atoms with Crippen LogP contribution in [0.1, 0.15) is 11.1 Å². The first-order chi connectivity index (χ1) is 13.9. The van der Waals surface area contributed by atoms with Gasteiger partial charge in [-0.05, 0) is 55.3 Å². The number of aromatic nitrogens is 2. The molecule has 150 valence electrons. The molecule has 6 nitrogen and oxygen atoms in total. The van der Waals surface area contributed by atoms with Gasteiger partial charge < -0.3 is 15.0 Å². The zero-order chi connectivity index (χ0) is 21.0. The highest BCUT2D eigenvalue weighted by Gasteiger charge is 2.12. The fourth-order valence-corrected chi connectivity index (χ4v) is 3.84. The summed E-state index contributed by atoms with van der Waals surface area (Å²) in [6, 6.07) is 12.4. The van der Waals surface area contributed by atoms with Crippen LogP contribution in [-0.2, 0) is 4.79 Å². The van der Waals surface area contributed by atoms with Crippen LogP contribution in [0, 0.1) is 13.8 Å². The number of carbonyl (C=O) groups is 1. The minimum Gasteiger partial charge on any atom is -0.497 e. The number of ether oxygens (including phenoxy) is 1. The number of hydrogen-bond acceptors (Lipinski definition) is 5. The maximum absolute atomic E-state index is 12.4. The molecule has 0 unspecified atom stereocenters. The lowest BCUT2D eigenvalue weighted by molar-refractivity contribution is -0.113. The van der Waals surface area contributed by atoms with E-state index in [1.807, 2.05) is 32.0 Å². The normalized spacial score (nSPS) is 10.6. The molecule has 2 N–H and O–H groups in total. The van der Waals surface area contributed by atoms with Gasteiger partial charge in [0.2, 0.25) is 5.91 Å². The van der Waals surface area contributed by atoms with Crippen LogP contribution in [-0.4, -0.2) is 28.7 Å². The lowest BCUT2D eigenvalue weighted by Gasteiger charge is -2.11. The van der Waals surface area contributed by atoms with Gasteiger partial charge in [0, 0.05) is 11.6 Å². The van der Waals surface area contributed by atoms with Crippen molar-refractivity contribution in [1.29, 1.82) is 0 Å². The predicted molar refractivity (Wildman–Crippen MR) is 117 cm³/mol. The van der Waals surface area contributed by atoms with Crippen molar-refractivity contribution in [2.75, 3.05) is 18.2 Å². The van der Waals surface area contributed by atoms with E-state index in [-0.39, 0.29) is 17.2 Å². The van der Waals surface area contributed by atoms with Crippen LogP contribution in [0.4, 0.5) is 5.69 Å². The SMILES string of the molecule is COc1ccc(-c2cc(=O)[nH]c(SCC(=O)Nc3c(C)cc(C)cc3Cl)n2)cc1. The number of rotatable bonds is 6. The Morgan fingerprint density at radius 3 is 2.59 bits per heavy atom. The van der Waals surface area contributed by atoms with Gasteiger partial charge in [-0.2, -0.15) is 0 Å². The second-order valence-electron chi connectivity index (χ2n) is 6.44. The molecule has 1 aromatic heterocycles. The summed E-state index contributed by atoms with van der Waals surface area (Å²) in [7, 11) is 1.59. The molecule has 3 aromatic rings. The Morgan fingerprint density at radius 1 is 1.21 bits per heavy atom. The van der Waals surface area contributed by atoms with E-state index in [0.717, 1.165) is 34.2 Å². The van der Waals surface area contributed by atoms with Crippen molar-refractivity contribution in [3.8, 4) is 17.0 Å². The summed E-state index contributed by atoms with van der Waals surface area (Å²) in [6.07, 6.45) is 0. The molecular weight excluding hydrogens is 410 g/mol. The fraction of sp³-hybridized carbons (Fsp3) is 0.190. The van der Waals surface area contributed by atoms with Crippen LogP contribution >= 0.6 is 23.4 Å². The molecule has 0 aliphatic carbocycles. The van der Waals surface area contributed by atoms with Crippen molar-refractivity contribution in [1.82, 2.24) is 9.97 Å². The summed E-state index contributed by atoms with van der Waals surface area (Å²) in [5.41, 5.74) is 3.53. The fourth-order valence-electron chi connectivity index (χ4n) is 2.80. The Kier molecular flexibility index (Phi) is 6.61. The Bertz CT molecular complexity index is 1070. The second-order valence-corrected chi connectivity index (χ2v) is 7.81. The number of thioether (sulfide) groups is 1. The second kappa shape index (κ2) is 9.15. The van der Waals surface area contributed by atoms with E-state index < -0.39 is 0 Å². The minimum absolute atomic E-state index is 0.0820. The van der Waals surface area contributed by atoms with Crippen molar-refractivity contribution in [2.45, 2.75) is 19.0 Å². The van der Waals surface area contributed by atoms with E-state index in [1.54, 1.807) is 25.3 Å². The number of benzene rings is 2. The van der Waals surface area contributed by atoms with Gasteiger partial charge in [0.05, 0.1) is 29.3 Å². The molecule has 1 heterocycles. The van der Waals surface area contributed by atoms with Crippen LogP contribution in [0.5, 0.6) is 5.75 Å². The molecule has 1 amide bonds. The van der Waals surface area contributed by atoms with Gasteiger partial charge in [-0.1, -0.05) is 29.4 Å². The third-order valence-electron chi connectivity index (χ3n) is 4.14. The van der Waals surface area contributed by atoms with Gasteiger partial charge in [-0.3, -0.25) is 9.59 Å². The number of aryl methyl sites for hydroxylation is 2. The molecule has 0 radical (unpaired) electrons. The third-order valence-corrected chi connectivity index (χ3v) is 5.31. The Balaban J connectivity index is 1.71. The van der Waals surface area contributed by atoms with Gasteiger partial charge >= 0.3 is 0 Å². The molecule has 2 aromatic carbocycles. The van der Waals surface area contributed by atoms with E-state index in [2.05, 4.69) is 15.3 Å². The zero-order valence-corrected chi connectivity index (χ0v) is 17.8. The minimum atomic E-state index is -0.286. The maximum atomic E-state index is 12.4. The van der Waals surface area contributed by atoms with Gasteiger partial charge in [-0.15, -0.1) is 0 Å². The summed E-state index contributed by atoms with van der Waals surface area (Å²) in [4.78, 5) is 31.5. The topological polar surface area (TPSA) is 84.1 Å². The smallest absolute Gasteiger partial charge is 0.252 e. The lowest BCUT2D eigenvalue weighted by Crippen LogP contribution is -2.16. The van der Waals surface area contributed by atoms with E-state index in [1.165, 1.54) is 6.07 Å². The van der Waals surface area contributed by atoms with Crippen molar-refractivity contribution in [2.24, 2.45) is 0 Å². The standard InChI is InChI=1S/C21H20ClN3O3S/c1-12-8-13(2)20(16(22)9-12)24-19(27)11-29-21-23-17(10-18(26)25-21)14-4-6-15(28-3)7-5-14/h4-10H,11H2,1-3H3,(H,24,27)(H,23,25,26). The average molecular weight is 430 g/mol. The van der Waals surface area contributed by atoms with Crippen molar-refractivity contribution < 1.29 is 9.53 Å². The number of nitrogens with one attached hydrogen (secondary N) is 2. The number of carbonyl (C=O) groups excluding carboxylic acids is 1. The molecule has 8 heteroatoms. The molecule has 0 bridgehead atoms. The molecule has 0 saturated carbocycles. The highest BCUT2D eigenvalue weighted by molar-refractivity contribution is 7.99. The van der Waals surface area contributed by atoms with Crippen LogP contribution in [0.25, 0.3) is 11.3 Å². The van der Waals surface area contributed by atoms with Crippen LogP contribution < -0.4 is 15.6 Å². The van der Waals surface area contributed by atoms with Crippen LogP contribution in [0.3, 0.4) is 0 Å². The van der Waals surface area contributed by atoms with Crippen molar-refractivity contribution >= 4 is 35.0 Å². The van der Waals surface area contributed by atoms with Gasteiger partial charge in [0.1, 0.15) is 5.75 Å². The average Bonchev–Trinajstić information content (AvgIpc) is 2.69. The van der Waals surface area contributed by atoms with Crippen LogP contribution in [0.2, 0.25) is 5.02 Å². The molecule has 3 rings (SSSR count). The molecule has 0 spiro atoms. The first kappa shape index (κ1) is 21.0. The van der Waals surface area contributed by atoms with E-state index in [0.29, 0.717) is 21.6 Å². The number of amides is 1. The number of methoxy groups -OCH3 is 1. The summed E-state index contributed by atoms with van der Waals surface area (Å²) in [5, 5.41) is 3.68. The number of halogens is 1. The Hall–Kier alpha value is -2.77. The molecule has 29 heavy (non-hydrogen) atoms. The Labute approximate surface area is 177 Å². The Morgan fingerprint density at radius 2 is 1.93 bits per heavy atom. The van der Waals surface area contributed by atoms with E-state index >= 15 is 0 Å². The number of aromatic amines is 1. The lowest BCUT2D eigenvalue weighted by atomic mass is 10.1. The molecule has 0 aliphatic rings. The third kappa shape index (κ3) is 5.40. The molecule has 0 saturated heterocycles. The van der Waals surface area contributed by atoms with Crippen molar-refractivity contribution in [3.05, 3.63) is 69.0 Å². The summed E-state index contributed by atoms with van der Waals surface area (Å²) in [6.45, 7) is 3.83. The van der Waals surface area contributed by atoms with E-state index in [4.69, 9.17) is 16.3 Å². The maximum Gasteiger partial charge on any atom is 0.252 e. The summed E-state index contributed by atoms with van der Waals surface area (Å²) >= 11 is 7.38. The first-order valence-corrected chi connectivity index (χ1v) is 10.2. The monoisotopic (exact) mass is 429 g/mol. The van der Waals surface area contributed by atoms with E-state index in [9.17, 15) is 9.59 Å². The predicted octanol–water partition coefficient (Wildman–Crippen LogP) is 4.45. The molecule has 0 aliphatic heterocycles. The number of nitrogens with zero attached hydrogens (tertiary/aromatic N) is 1. The van der Waals surface area contributed by atoms with Gasteiger partial charge in [0.25, 0.3) is 5.56 Å². The largest absolute Gasteiger partial charge is 0.497 e. The van der Waals surface area contributed by atoms with Crippen LogP contribution in [0.15, 0.2) is 52.4 Å². The van der Waals surface area contributed by atoms with Gasteiger partial charge in [-0.25, -0.2) is 4.98 Å². The zero-order valence-electron chi connectivity index (χ0n) is 16.2.